The monoisotopic (exact) mass is 308 g/mol. The van der Waals surface area contributed by atoms with Crippen LogP contribution in [0.15, 0.2) is 34.9 Å². The summed E-state index contributed by atoms with van der Waals surface area (Å²) >= 11 is 3.39. The Kier molecular flexibility index (Phi) is 3.81. The molecule has 0 aliphatic rings. The third kappa shape index (κ3) is 2.79. The maximum absolute atomic E-state index is 10.6. The Morgan fingerprint density at radius 1 is 1.39 bits per heavy atom. The molecule has 0 bridgehead atoms. The molecule has 0 unspecified atom stereocenters. The number of rotatable bonds is 4. The zero-order valence-electron chi connectivity index (χ0n) is 9.93. The summed E-state index contributed by atoms with van der Waals surface area (Å²) < 4.78 is 2.84. The molecular formula is C13H13BrN2O2. The van der Waals surface area contributed by atoms with Gasteiger partial charge >= 0.3 is 5.97 Å². The smallest absolute Gasteiger partial charge is 0.303 e. The van der Waals surface area contributed by atoms with E-state index < -0.39 is 5.97 Å². The number of hydrogen-bond acceptors (Lipinski definition) is 2. The average Bonchev–Trinajstić information content (AvgIpc) is 2.69. The molecule has 4 nitrogen and oxygen atoms in total. The second kappa shape index (κ2) is 5.35. The molecule has 0 saturated heterocycles. The third-order valence-corrected chi connectivity index (χ3v) is 3.32. The fraction of sp³-hybridized carbons (Fsp3) is 0.231. The molecule has 0 fully saturated rings. The van der Waals surface area contributed by atoms with Crippen LogP contribution in [0.4, 0.5) is 0 Å². The Morgan fingerprint density at radius 2 is 2.06 bits per heavy atom. The van der Waals surface area contributed by atoms with Crippen LogP contribution in [0.1, 0.15) is 17.7 Å². The van der Waals surface area contributed by atoms with E-state index in [4.69, 9.17) is 5.11 Å². The van der Waals surface area contributed by atoms with Crippen LogP contribution in [0.25, 0.3) is 5.69 Å². The zero-order chi connectivity index (χ0) is 13.1. The minimum absolute atomic E-state index is 0.132. The van der Waals surface area contributed by atoms with E-state index in [9.17, 15) is 4.79 Å². The van der Waals surface area contributed by atoms with Gasteiger partial charge in [0.15, 0.2) is 0 Å². The molecule has 2 rings (SSSR count). The summed E-state index contributed by atoms with van der Waals surface area (Å²) in [6, 6.07) is 7.83. The number of halogens is 1. The first-order valence-electron chi connectivity index (χ1n) is 5.59. The summed E-state index contributed by atoms with van der Waals surface area (Å²) in [7, 11) is 0. The average molecular weight is 309 g/mol. The number of hydrogen-bond donors (Lipinski definition) is 1. The van der Waals surface area contributed by atoms with Gasteiger partial charge in [0, 0.05) is 16.6 Å². The maximum atomic E-state index is 10.6. The van der Waals surface area contributed by atoms with E-state index in [1.807, 2.05) is 35.9 Å². The molecule has 1 heterocycles. The van der Waals surface area contributed by atoms with Crippen molar-refractivity contribution < 1.29 is 9.90 Å². The predicted octanol–water partition coefficient (Wildman–Crippen LogP) is 2.96. The first-order chi connectivity index (χ1) is 8.58. The van der Waals surface area contributed by atoms with Crippen LogP contribution < -0.4 is 0 Å². The highest BCUT2D eigenvalue weighted by Crippen LogP contribution is 2.17. The van der Waals surface area contributed by atoms with Crippen molar-refractivity contribution in [3.05, 3.63) is 46.2 Å². The summed E-state index contributed by atoms with van der Waals surface area (Å²) in [6.07, 6.45) is 2.38. The van der Waals surface area contributed by atoms with Crippen LogP contribution >= 0.6 is 15.9 Å². The number of aliphatic carboxylic acids is 1. The molecule has 0 amide bonds. The van der Waals surface area contributed by atoms with E-state index in [0.717, 1.165) is 21.4 Å². The Labute approximate surface area is 113 Å². The van der Waals surface area contributed by atoms with Gasteiger partial charge in [-0.1, -0.05) is 15.9 Å². The standard InChI is InChI=1S/C13H13BrN2O2/c1-9-10(2-7-13(17)18)8-15-16(9)12-5-3-11(14)4-6-12/h3-6,8H,2,7H2,1H3,(H,17,18). The molecule has 2 aromatic rings. The first-order valence-corrected chi connectivity index (χ1v) is 6.38. The van der Waals surface area contributed by atoms with Gasteiger partial charge in [-0.2, -0.15) is 5.10 Å². The lowest BCUT2D eigenvalue weighted by molar-refractivity contribution is -0.136. The number of aryl methyl sites for hydroxylation is 1. The summed E-state index contributed by atoms with van der Waals surface area (Å²) in [5.74, 6) is -0.786. The molecule has 5 heteroatoms. The van der Waals surface area contributed by atoms with Gasteiger partial charge in [0.1, 0.15) is 0 Å². The lowest BCUT2D eigenvalue weighted by Crippen LogP contribution is -2.01. The van der Waals surface area contributed by atoms with Gasteiger partial charge in [-0.25, -0.2) is 4.68 Å². The number of benzene rings is 1. The van der Waals surface area contributed by atoms with Crippen LogP contribution in [0.3, 0.4) is 0 Å². The molecule has 18 heavy (non-hydrogen) atoms. The van der Waals surface area contributed by atoms with Crippen molar-refractivity contribution in [2.45, 2.75) is 19.8 Å². The van der Waals surface area contributed by atoms with Crippen LogP contribution in [-0.4, -0.2) is 20.9 Å². The van der Waals surface area contributed by atoms with Crippen molar-refractivity contribution in [2.75, 3.05) is 0 Å². The Morgan fingerprint density at radius 3 is 2.67 bits per heavy atom. The normalized spacial score (nSPS) is 10.6. The molecule has 94 valence electrons. The maximum Gasteiger partial charge on any atom is 0.303 e. The molecule has 0 spiro atoms. The Hall–Kier alpha value is -1.62. The number of nitrogens with zero attached hydrogens (tertiary/aromatic N) is 2. The van der Waals surface area contributed by atoms with Crippen molar-refractivity contribution in [1.82, 2.24) is 9.78 Å². The minimum atomic E-state index is -0.786. The topological polar surface area (TPSA) is 55.1 Å². The van der Waals surface area contributed by atoms with Crippen LogP contribution in [-0.2, 0) is 11.2 Å². The van der Waals surface area contributed by atoms with E-state index in [0.29, 0.717) is 6.42 Å². The van der Waals surface area contributed by atoms with Gasteiger partial charge in [-0.3, -0.25) is 4.79 Å². The van der Waals surface area contributed by atoms with Crippen molar-refractivity contribution in [3.63, 3.8) is 0 Å². The quantitative estimate of drug-likeness (QED) is 0.944. The minimum Gasteiger partial charge on any atom is -0.481 e. The van der Waals surface area contributed by atoms with E-state index in [1.165, 1.54) is 0 Å². The van der Waals surface area contributed by atoms with Crippen LogP contribution in [0.5, 0.6) is 0 Å². The molecular weight excluding hydrogens is 296 g/mol. The number of carbonyl (C=O) groups is 1. The SMILES string of the molecule is Cc1c(CCC(=O)O)cnn1-c1ccc(Br)cc1. The highest BCUT2D eigenvalue weighted by Gasteiger charge is 2.09. The molecule has 0 saturated carbocycles. The van der Waals surface area contributed by atoms with Crippen molar-refractivity contribution >= 4 is 21.9 Å². The number of aromatic nitrogens is 2. The molecule has 1 aromatic carbocycles. The molecule has 0 atom stereocenters. The summed E-state index contributed by atoms with van der Waals surface area (Å²) in [6.45, 7) is 1.95. The Bertz CT molecular complexity index is 561. The number of carboxylic acids is 1. The van der Waals surface area contributed by atoms with E-state index in [2.05, 4.69) is 21.0 Å². The predicted molar refractivity (Wildman–Crippen MR) is 72.0 cm³/mol. The summed E-state index contributed by atoms with van der Waals surface area (Å²) in [5.41, 5.74) is 2.93. The van der Waals surface area contributed by atoms with E-state index in [-0.39, 0.29) is 6.42 Å². The molecule has 0 aliphatic carbocycles. The summed E-state index contributed by atoms with van der Waals surface area (Å²) in [5, 5.41) is 13.0. The fourth-order valence-electron chi connectivity index (χ4n) is 1.77. The first kappa shape index (κ1) is 12.8. The van der Waals surface area contributed by atoms with Gasteiger partial charge in [-0.15, -0.1) is 0 Å². The molecule has 0 aliphatic heterocycles. The molecule has 1 aromatic heterocycles. The lowest BCUT2D eigenvalue weighted by Gasteiger charge is -2.05. The van der Waals surface area contributed by atoms with E-state index in [1.54, 1.807) is 6.20 Å². The van der Waals surface area contributed by atoms with Crippen LogP contribution in [0, 0.1) is 6.92 Å². The largest absolute Gasteiger partial charge is 0.481 e. The Balaban J connectivity index is 2.25. The number of carboxylic acid groups (broad SMARTS) is 1. The zero-order valence-corrected chi connectivity index (χ0v) is 11.5. The van der Waals surface area contributed by atoms with Gasteiger partial charge < -0.3 is 5.11 Å². The van der Waals surface area contributed by atoms with Gasteiger partial charge in [0.2, 0.25) is 0 Å². The third-order valence-electron chi connectivity index (χ3n) is 2.79. The van der Waals surface area contributed by atoms with Gasteiger partial charge in [0.05, 0.1) is 11.9 Å². The second-order valence-corrected chi connectivity index (χ2v) is 4.95. The van der Waals surface area contributed by atoms with Crippen molar-refractivity contribution in [2.24, 2.45) is 0 Å². The van der Waals surface area contributed by atoms with Crippen molar-refractivity contribution in [3.8, 4) is 5.69 Å². The van der Waals surface area contributed by atoms with E-state index >= 15 is 0 Å². The molecule has 0 radical (unpaired) electrons. The van der Waals surface area contributed by atoms with Gasteiger partial charge in [-0.05, 0) is 43.2 Å². The van der Waals surface area contributed by atoms with Crippen LogP contribution in [0.2, 0.25) is 0 Å². The fourth-order valence-corrected chi connectivity index (χ4v) is 2.04. The van der Waals surface area contributed by atoms with Crippen molar-refractivity contribution in [1.29, 1.82) is 0 Å². The molecule has 1 N–H and O–H groups in total. The highest BCUT2D eigenvalue weighted by molar-refractivity contribution is 9.10. The highest BCUT2D eigenvalue weighted by atomic mass is 79.9. The lowest BCUT2D eigenvalue weighted by atomic mass is 10.1. The summed E-state index contributed by atoms with van der Waals surface area (Å²) in [4.78, 5) is 10.6. The second-order valence-electron chi connectivity index (χ2n) is 4.04. The van der Waals surface area contributed by atoms with Gasteiger partial charge in [0.25, 0.3) is 0 Å².